The van der Waals surface area contributed by atoms with E-state index in [9.17, 15) is 13.6 Å². The van der Waals surface area contributed by atoms with Gasteiger partial charge in [0.15, 0.2) is 11.6 Å². The molecule has 4 aromatic rings. The molecule has 2 aromatic heterocycles. The summed E-state index contributed by atoms with van der Waals surface area (Å²) in [6, 6.07) is 17.0. The third-order valence-electron chi connectivity index (χ3n) is 4.73. The number of nitrogens with zero attached hydrogens (tertiary/aromatic N) is 2. The van der Waals surface area contributed by atoms with E-state index >= 15 is 0 Å². The number of ether oxygens (including phenoxy) is 2. The van der Waals surface area contributed by atoms with Crippen molar-refractivity contribution in [3.05, 3.63) is 107 Å². The Labute approximate surface area is 194 Å². The zero-order valence-corrected chi connectivity index (χ0v) is 17.9. The number of aromatic nitrogens is 2. The van der Waals surface area contributed by atoms with Gasteiger partial charge in [0, 0.05) is 25.0 Å². The highest BCUT2D eigenvalue weighted by Gasteiger charge is 2.08. The van der Waals surface area contributed by atoms with Gasteiger partial charge in [0.2, 0.25) is 5.88 Å². The fraction of sp³-hybridized carbons (Fsp3) is 0.0800. The standard InChI is InChI=1S/C25H20F2N4O3/c26-21-7-1-17(11-22(21)27)15-33-19-3-5-20(6-4-19)34-24-8-2-18(14-30-24)25(32)31-13-16-9-10-29-23(28)12-16/h1-12,14H,13,15H2,(H2,28,29)(H,31,32). The van der Waals surface area contributed by atoms with E-state index in [1.54, 1.807) is 54.7 Å². The Morgan fingerprint density at radius 3 is 2.38 bits per heavy atom. The van der Waals surface area contributed by atoms with Crippen LogP contribution >= 0.6 is 0 Å². The van der Waals surface area contributed by atoms with Gasteiger partial charge >= 0.3 is 0 Å². The summed E-state index contributed by atoms with van der Waals surface area (Å²) in [4.78, 5) is 20.4. The zero-order chi connectivity index (χ0) is 23.9. The summed E-state index contributed by atoms with van der Waals surface area (Å²) in [6.07, 6.45) is 3.00. The second kappa shape index (κ2) is 10.4. The van der Waals surface area contributed by atoms with Crippen LogP contribution in [0.3, 0.4) is 0 Å². The van der Waals surface area contributed by atoms with Gasteiger partial charge in [-0.1, -0.05) is 6.07 Å². The van der Waals surface area contributed by atoms with Gasteiger partial charge in [0.05, 0.1) is 5.56 Å². The van der Waals surface area contributed by atoms with Crippen molar-refractivity contribution >= 4 is 11.7 Å². The van der Waals surface area contributed by atoms with Gasteiger partial charge in [-0.25, -0.2) is 18.7 Å². The third-order valence-corrected chi connectivity index (χ3v) is 4.73. The normalized spacial score (nSPS) is 10.5. The number of pyridine rings is 2. The Hall–Kier alpha value is -4.53. The fourth-order valence-electron chi connectivity index (χ4n) is 2.98. The van der Waals surface area contributed by atoms with E-state index in [2.05, 4.69) is 15.3 Å². The van der Waals surface area contributed by atoms with E-state index in [0.717, 1.165) is 17.7 Å². The highest BCUT2D eigenvalue weighted by molar-refractivity contribution is 5.93. The SMILES string of the molecule is Nc1cc(CNC(=O)c2ccc(Oc3ccc(OCc4ccc(F)c(F)c4)cc3)nc2)ccn1. The molecule has 2 heterocycles. The van der Waals surface area contributed by atoms with E-state index in [0.29, 0.717) is 40.9 Å². The fourth-order valence-corrected chi connectivity index (χ4v) is 2.98. The first-order valence-corrected chi connectivity index (χ1v) is 10.3. The quantitative estimate of drug-likeness (QED) is 0.396. The van der Waals surface area contributed by atoms with Crippen LogP contribution in [-0.2, 0) is 13.2 Å². The largest absolute Gasteiger partial charge is 0.489 e. The molecule has 0 saturated carbocycles. The van der Waals surface area contributed by atoms with Gasteiger partial charge in [0.1, 0.15) is 23.9 Å². The Balaban J connectivity index is 1.28. The monoisotopic (exact) mass is 462 g/mol. The number of anilines is 1. The second-order valence-corrected chi connectivity index (χ2v) is 7.27. The summed E-state index contributed by atoms with van der Waals surface area (Å²) < 4.78 is 37.5. The molecular formula is C25H20F2N4O3. The van der Waals surface area contributed by atoms with Gasteiger partial charge in [-0.2, -0.15) is 0 Å². The van der Waals surface area contributed by atoms with Crippen LogP contribution in [0.2, 0.25) is 0 Å². The summed E-state index contributed by atoms with van der Waals surface area (Å²) in [5, 5.41) is 2.79. The summed E-state index contributed by atoms with van der Waals surface area (Å²) in [5.41, 5.74) is 7.37. The van der Waals surface area contributed by atoms with Crippen molar-refractivity contribution < 1.29 is 23.0 Å². The molecule has 0 aliphatic carbocycles. The molecule has 1 amide bonds. The number of nitrogens with one attached hydrogen (secondary N) is 1. The van der Waals surface area contributed by atoms with E-state index in [-0.39, 0.29) is 12.5 Å². The Morgan fingerprint density at radius 2 is 1.68 bits per heavy atom. The Morgan fingerprint density at radius 1 is 0.882 bits per heavy atom. The summed E-state index contributed by atoms with van der Waals surface area (Å²) in [7, 11) is 0. The number of hydrogen-bond acceptors (Lipinski definition) is 6. The summed E-state index contributed by atoms with van der Waals surface area (Å²) in [6.45, 7) is 0.408. The number of rotatable bonds is 8. The summed E-state index contributed by atoms with van der Waals surface area (Å²) in [5.74, 6) is -0.348. The molecule has 0 bridgehead atoms. The number of amides is 1. The van der Waals surface area contributed by atoms with Gasteiger partial charge in [-0.15, -0.1) is 0 Å². The van der Waals surface area contributed by atoms with Crippen molar-refractivity contribution in [2.24, 2.45) is 0 Å². The van der Waals surface area contributed by atoms with Crippen LogP contribution in [-0.4, -0.2) is 15.9 Å². The molecule has 2 aromatic carbocycles. The van der Waals surface area contributed by atoms with Gasteiger partial charge < -0.3 is 20.5 Å². The second-order valence-electron chi connectivity index (χ2n) is 7.27. The van der Waals surface area contributed by atoms with Crippen LogP contribution in [0.25, 0.3) is 0 Å². The van der Waals surface area contributed by atoms with Crippen molar-refractivity contribution in [2.75, 3.05) is 5.73 Å². The van der Waals surface area contributed by atoms with Crippen LogP contribution in [0.5, 0.6) is 17.4 Å². The average molecular weight is 462 g/mol. The minimum absolute atomic E-state index is 0.0943. The van der Waals surface area contributed by atoms with Crippen molar-refractivity contribution in [3.63, 3.8) is 0 Å². The molecule has 0 radical (unpaired) electrons. The number of benzene rings is 2. The summed E-state index contributed by atoms with van der Waals surface area (Å²) >= 11 is 0. The van der Waals surface area contributed by atoms with Gasteiger partial charge in [0.25, 0.3) is 5.91 Å². The van der Waals surface area contributed by atoms with Crippen LogP contribution < -0.4 is 20.5 Å². The number of carbonyl (C=O) groups is 1. The molecule has 0 unspecified atom stereocenters. The van der Waals surface area contributed by atoms with Crippen molar-refractivity contribution in [2.45, 2.75) is 13.2 Å². The maximum absolute atomic E-state index is 13.3. The van der Waals surface area contributed by atoms with E-state index in [4.69, 9.17) is 15.2 Å². The van der Waals surface area contributed by atoms with E-state index < -0.39 is 11.6 Å². The predicted molar refractivity (Wildman–Crippen MR) is 121 cm³/mol. The molecule has 0 aliphatic heterocycles. The predicted octanol–water partition coefficient (Wildman–Crippen LogP) is 4.64. The Bertz CT molecular complexity index is 1280. The van der Waals surface area contributed by atoms with Gasteiger partial charge in [-0.3, -0.25) is 4.79 Å². The lowest BCUT2D eigenvalue weighted by Gasteiger charge is -2.09. The van der Waals surface area contributed by atoms with Crippen molar-refractivity contribution in [1.29, 1.82) is 0 Å². The highest BCUT2D eigenvalue weighted by Crippen LogP contribution is 2.23. The first-order valence-electron chi connectivity index (χ1n) is 10.3. The maximum Gasteiger partial charge on any atom is 0.253 e. The van der Waals surface area contributed by atoms with E-state index in [1.807, 2.05) is 0 Å². The number of halogens is 2. The van der Waals surface area contributed by atoms with Crippen molar-refractivity contribution in [3.8, 4) is 17.4 Å². The molecule has 0 aliphatic rings. The smallest absolute Gasteiger partial charge is 0.253 e. The molecule has 9 heteroatoms. The minimum Gasteiger partial charge on any atom is -0.489 e. The molecule has 7 nitrogen and oxygen atoms in total. The lowest BCUT2D eigenvalue weighted by atomic mass is 10.2. The minimum atomic E-state index is -0.917. The Kier molecular flexibility index (Phi) is 6.92. The topological polar surface area (TPSA) is 99.4 Å². The number of nitrogens with two attached hydrogens (primary N) is 1. The number of nitrogen functional groups attached to an aromatic ring is 1. The molecule has 4 rings (SSSR count). The lowest BCUT2D eigenvalue weighted by Crippen LogP contribution is -2.23. The first kappa shape index (κ1) is 22.7. The molecular weight excluding hydrogens is 442 g/mol. The molecule has 34 heavy (non-hydrogen) atoms. The maximum atomic E-state index is 13.3. The number of hydrogen-bond donors (Lipinski definition) is 2. The molecule has 0 saturated heterocycles. The lowest BCUT2D eigenvalue weighted by molar-refractivity contribution is 0.0950. The number of carbonyl (C=O) groups excluding carboxylic acids is 1. The molecule has 172 valence electrons. The molecule has 0 atom stereocenters. The molecule has 3 N–H and O–H groups in total. The highest BCUT2D eigenvalue weighted by atomic mass is 19.2. The first-order chi connectivity index (χ1) is 16.5. The molecule has 0 fully saturated rings. The van der Waals surface area contributed by atoms with E-state index in [1.165, 1.54) is 12.3 Å². The average Bonchev–Trinajstić information content (AvgIpc) is 2.85. The van der Waals surface area contributed by atoms with Gasteiger partial charge in [-0.05, 0) is 65.7 Å². The van der Waals surface area contributed by atoms with Crippen LogP contribution in [0.15, 0.2) is 79.1 Å². The zero-order valence-electron chi connectivity index (χ0n) is 17.9. The third kappa shape index (κ3) is 6.04. The van der Waals surface area contributed by atoms with Crippen LogP contribution in [0.1, 0.15) is 21.5 Å². The van der Waals surface area contributed by atoms with Crippen molar-refractivity contribution in [1.82, 2.24) is 15.3 Å². The van der Waals surface area contributed by atoms with Crippen LogP contribution in [0.4, 0.5) is 14.6 Å². The molecule has 0 spiro atoms. The van der Waals surface area contributed by atoms with Crippen LogP contribution in [0, 0.1) is 11.6 Å².